The number of hydrogen-bond donors (Lipinski definition) is 2. The average Bonchev–Trinajstić information content (AvgIpc) is 2.36. The van der Waals surface area contributed by atoms with Crippen LogP contribution in [0.5, 0.6) is 11.5 Å². The second-order valence-electron chi connectivity index (χ2n) is 3.70. The Morgan fingerprint density at radius 1 is 1.32 bits per heavy atom. The van der Waals surface area contributed by atoms with E-state index in [0.717, 1.165) is 0 Å². The maximum atomic E-state index is 13.3. The molecule has 2 rings (SSSR count). The number of nitrogen functional groups attached to an aromatic ring is 1. The summed E-state index contributed by atoms with van der Waals surface area (Å²) in [5, 5.41) is 8.93. The topological polar surface area (TPSA) is 72.5 Å². The molecular weight excluding hydrogens is 317 g/mol. The molecule has 0 fully saturated rings. The number of benzene rings is 2. The van der Waals surface area contributed by atoms with Gasteiger partial charge in [0, 0.05) is 6.07 Å². The van der Waals surface area contributed by atoms with E-state index in [0.29, 0.717) is 4.47 Å². The Kier molecular flexibility index (Phi) is 3.71. The molecule has 6 heteroatoms. The van der Waals surface area contributed by atoms with Gasteiger partial charge in [0.1, 0.15) is 11.6 Å². The summed E-state index contributed by atoms with van der Waals surface area (Å²) in [6, 6.07) is 8.59. The highest BCUT2D eigenvalue weighted by Crippen LogP contribution is 2.31. The van der Waals surface area contributed by atoms with Crippen molar-refractivity contribution < 1.29 is 19.0 Å². The zero-order chi connectivity index (χ0) is 14.0. The molecule has 0 aromatic heterocycles. The van der Waals surface area contributed by atoms with Crippen molar-refractivity contribution in [3.63, 3.8) is 0 Å². The first-order valence-corrected chi connectivity index (χ1v) is 6.03. The Morgan fingerprint density at radius 2 is 2.05 bits per heavy atom. The zero-order valence-electron chi connectivity index (χ0n) is 9.56. The second kappa shape index (κ2) is 5.27. The van der Waals surface area contributed by atoms with Gasteiger partial charge in [-0.25, -0.2) is 9.18 Å². The monoisotopic (exact) mass is 325 g/mol. The molecule has 3 N–H and O–H groups in total. The Labute approximate surface area is 116 Å². The summed E-state index contributed by atoms with van der Waals surface area (Å²) < 4.78 is 19.0. The number of anilines is 1. The van der Waals surface area contributed by atoms with Crippen molar-refractivity contribution in [1.29, 1.82) is 0 Å². The van der Waals surface area contributed by atoms with Gasteiger partial charge in [0.25, 0.3) is 0 Å². The maximum absolute atomic E-state index is 13.3. The number of aromatic carboxylic acids is 1. The Balaban J connectivity index is 2.35. The summed E-state index contributed by atoms with van der Waals surface area (Å²) in [6.45, 7) is 0. The van der Waals surface area contributed by atoms with Crippen molar-refractivity contribution in [3.8, 4) is 11.5 Å². The molecule has 0 aliphatic rings. The highest BCUT2D eigenvalue weighted by molar-refractivity contribution is 9.10. The SMILES string of the molecule is Nc1c(Oc2ccc(Br)c(F)c2)cccc1C(=O)O. The number of halogens is 2. The molecule has 4 nitrogen and oxygen atoms in total. The van der Waals surface area contributed by atoms with Crippen LogP contribution in [0.15, 0.2) is 40.9 Å². The number of ether oxygens (including phenoxy) is 1. The van der Waals surface area contributed by atoms with E-state index >= 15 is 0 Å². The molecule has 0 spiro atoms. The summed E-state index contributed by atoms with van der Waals surface area (Å²) in [6.07, 6.45) is 0. The third-order valence-electron chi connectivity index (χ3n) is 2.42. The third-order valence-corrected chi connectivity index (χ3v) is 3.06. The van der Waals surface area contributed by atoms with Crippen LogP contribution in [0.1, 0.15) is 10.4 Å². The lowest BCUT2D eigenvalue weighted by atomic mass is 10.1. The minimum absolute atomic E-state index is 0.00155. The molecule has 0 atom stereocenters. The lowest BCUT2D eigenvalue weighted by Crippen LogP contribution is -2.03. The largest absolute Gasteiger partial charge is 0.478 e. The maximum Gasteiger partial charge on any atom is 0.337 e. The summed E-state index contributed by atoms with van der Waals surface area (Å²) in [5.74, 6) is -1.23. The fourth-order valence-corrected chi connectivity index (χ4v) is 1.73. The molecule has 0 saturated carbocycles. The highest BCUT2D eigenvalue weighted by Gasteiger charge is 2.13. The van der Waals surface area contributed by atoms with Gasteiger partial charge < -0.3 is 15.6 Å². The van der Waals surface area contributed by atoms with Gasteiger partial charge in [-0.2, -0.15) is 0 Å². The highest BCUT2D eigenvalue weighted by atomic mass is 79.9. The van der Waals surface area contributed by atoms with E-state index in [2.05, 4.69) is 15.9 Å². The average molecular weight is 326 g/mol. The van der Waals surface area contributed by atoms with Crippen LogP contribution < -0.4 is 10.5 Å². The second-order valence-corrected chi connectivity index (χ2v) is 4.55. The van der Waals surface area contributed by atoms with Gasteiger partial charge in [0.05, 0.1) is 15.7 Å². The number of carboxylic acids is 1. The normalized spacial score (nSPS) is 10.2. The zero-order valence-corrected chi connectivity index (χ0v) is 11.1. The summed E-state index contributed by atoms with van der Waals surface area (Å²) in [4.78, 5) is 10.9. The molecule has 98 valence electrons. The molecule has 0 unspecified atom stereocenters. The fraction of sp³-hybridized carbons (Fsp3) is 0. The van der Waals surface area contributed by atoms with Crippen LogP contribution in [0, 0.1) is 5.82 Å². The molecule has 0 radical (unpaired) electrons. The number of nitrogens with two attached hydrogens (primary N) is 1. The lowest BCUT2D eigenvalue weighted by molar-refractivity contribution is 0.0697. The van der Waals surface area contributed by atoms with Crippen molar-refractivity contribution in [1.82, 2.24) is 0 Å². The van der Waals surface area contributed by atoms with E-state index in [1.54, 1.807) is 6.07 Å². The first-order chi connectivity index (χ1) is 8.99. The molecule has 0 aliphatic heterocycles. The summed E-state index contributed by atoms with van der Waals surface area (Å²) >= 11 is 3.03. The smallest absolute Gasteiger partial charge is 0.337 e. The van der Waals surface area contributed by atoms with Crippen LogP contribution in [0.4, 0.5) is 10.1 Å². The van der Waals surface area contributed by atoms with E-state index in [4.69, 9.17) is 15.6 Å². The van der Waals surface area contributed by atoms with Crippen LogP contribution >= 0.6 is 15.9 Å². The molecule has 0 aliphatic carbocycles. The number of rotatable bonds is 3. The number of para-hydroxylation sites is 1. The Morgan fingerprint density at radius 3 is 2.68 bits per heavy atom. The first-order valence-electron chi connectivity index (χ1n) is 5.23. The van der Waals surface area contributed by atoms with Gasteiger partial charge in [-0.05, 0) is 40.2 Å². The van der Waals surface area contributed by atoms with Crippen molar-refractivity contribution in [2.24, 2.45) is 0 Å². The lowest BCUT2D eigenvalue weighted by Gasteiger charge is -2.10. The van der Waals surface area contributed by atoms with Gasteiger partial charge in [-0.15, -0.1) is 0 Å². The van der Waals surface area contributed by atoms with Gasteiger partial charge in [-0.3, -0.25) is 0 Å². The molecule has 0 amide bonds. The van der Waals surface area contributed by atoms with E-state index in [1.165, 1.54) is 30.3 Å². The molecule has 2 aromatic rings. The van der Waals surface area contributed by atoms with Gasteiger partial charge in [-0.1, -0.05) is 6.07 Å². The van der Waals surface area contributed by atoms with Crippen LogP contribution in [0.3, 0.4) is 0 Å². The predicted molar refractivity (Wildman–Crippen MR) is 72.0 cm³/mol. The molecular formula is C13H9BrFNO3. The molecule has 0 heterocycles. The summed E-state index contributed by atoms with van der Waals surface area (Å²) in [5.41, 5.74) is 5.63. The van der Waals surface area contributed by atoms with Crippen molar-refractivity contribution >= 4 is 27.6 Å². The van der Waals surface area contributed by atoms with Crippen LogP contribution in [0.25, 0.3) is 0 Å². The first kappa shape index (κ1) is 13.4. The molecule has 2 aromatic carbocycles. The van der Waals surface area contributed by atoms with E-state index in [1.807, 2.05) is 0 Å². The van der Waals surface area contributed by atoms with Crippen molar-refractivity contribution in [2.75, 3.05) is 5.73 Å². The predicted octanol–water partition coefficient (Wildman–Crippen LogP) is 3.66. The van der Waals surface area contributed by atoms with Crippen LogP contribution in [-0.4, -0.2) is 11.1 Å². The Bertz CT molecular complexity index is 646. The number of carboxylic acid groups (broad SMARTS) is 1. The molecule has 0 bridgehead atoms. The molecule has 0 saturated heterocycles. The van der Waals surface area contributed by atoms with Crippen molar-refractivity contribution in [3.05, 3.63) is 52.3 Å². The van der Waals surface area contributed by atoms with E-state index < -0.39 is 11.8 Å². The van der Waals surface area contributed by atoms with Crippen LogP contribution in [-0.2, 0) is 0 Å². The fourth-order valence-electron chi connectivity index (χ4n) is 1.49. The number of carbonyl (C=O) groups is 1. The minimum atomic E-state index is -1.15. The van der Waals surface area contributed by atoms with Gasteiger partial charge >= 0.3 is 5.97 Å². The number of hydrogen-bond acceptors (Lipinski definition) is 3. The quantitative estimate of drug-likeness (QED) is 0.844. The standard InChI is InChI=1S/C13H9BrFNO3/c14-9-5-4-7(6-10(9)15)19-11-3-1-2-8(12(11)16)13(17)18/h1-6H,16H2,(H,17,18). The van der Waals surface area contributed by atoms with Crippen molar-refractivity contribution in [2.45, 2.75) is 0 Å². The van der Waals surface area contributed by atoms with Crippen LogP contribution in [0.2, 0.25) is 0 Å². The third kappa shape index (κ3) is 2.85. The summed E-state index contributed by atoms with van der Waals surface area (Å²) in [7, 11) is 0. The minimum Gasteiger partial charge on any atom is -0.478 e. The Hall–Kier alpha value is -2.08. The van der Waals surface area contributed by atoms with Gasteiger partial charge in [0.2, 0.25) is 0 Å². The molecule has 19 heavy (non-hydrogen) atoms. The van der Waals surface area contributed by atoms with E-state index in [-0.39, 0.29) is 22.7 Å². The van der Waals surface area contributed by atoms with E-state index in [9.17, 15) is 9.18 Å². The van der Waals surface area contributed by atoms with Gasteiger partial charge in [0.15, 0.2) is 5.75 Å².